The molecule has 0 saturated heterocycles. The van der Waals surface area contributed by atoms with E-state index >= 15 is 0 Å². The van der Waals surface area contributed by atoms with E-state index in [2.05, 4.69) is 6.07 Å². The average molecular weight is 205 g/mol. The number of nitrogens with zero attached hydrogens (tertiary/aromatic N) is 1. The number of fused-ring (bicyclic) bond motifs is 1. The summed E-state index contributed by atoms with van der Waals surface area (Å²) in [6.45, 7) is 1.21. The zero-order valence-electron chi connectivity index (χ0n) is 8.45. The first kappa shape index (κ1) is 9.66. The lowest BCUT2D eigenvalue weighted by Crippen LogP contribution is -1.98. The number of rotatable bonds is 1. The quantitative estimate of drug-likeness (QED) is 0.700. The average Bonchev–Trinajstić information content (AvgIpc) is 2.52. The lowest BCUT2D eigenvalue weighted by molar-refractivity contribution is 0.289. The van der Waals surface area contributed by atoms with E-state index < -0.39 is 0 Å². The van der Waals surface area contributed by atoms with Crippen molar-refractivity contribution >= 4 is 0 Å². The highest BCUT2D eigenvalue weighted by molar-refractivity contribution is 5.59. The van der Waals surface area contributed by atoms with Crippen LogP contribution in [-0.4, -0.2) is 20.3 Å². The Morgan fingerprint density at radius 2 is 2.13 bits per heavy atom. The maximum Gasteiger partial charge on any atom is 0.204 e. The van der Waals surface area contributed by atoms with Gasteiger partial charge in [0.15, 0.2) is 11.5 Å². The summed E-state index contributed by atoms with van der Waals surface area (Å²) in [6.07, 6.45) is 0.833. The van der Waals surface area contributed by atoms with Crippen LogP contribution in [0.5, 0.6) is 17.2 Å². The first-order chi connectivity index (χ1) is 7.36. The summed E-state index contributed by atoms with van der Waals surface area (Å²) in [5.74, 6) is 1.63. The second-order valence-corrected chi connectivity index (χ2v) is 3.14. The van der Waals surface area contributed by atoms with E-state index in [0.717, 1.165) is 6.42 Å². The van der Waals surface area contributed by atoms with Crippen LogP contribution in [0.25, 0.3) is 0 Å². The molecule has 1 aromatic carbocycles. The van der Waals surface area contributed by atoms with Gasteiger partial charge in [0.1, 0.15) is 6.07 Å². The maximum atomic E-state index is 8.90. The van der Waals surface area contributed by atoms with Crippen LogP contribution in [-0.2, 0) is 0 Å². The molecule has 4 heteroatoms. The van der Waals surface area contributed by atoms with Gasteiger partial charge in [-0.3, -0.25) is 0 Å². The number of benzene rings is 1. The van der Waals surface area contributed by atoms with Crippen LogP contribution in [0.3, 0.4) is 0 Å². The molecule has 2 rings (SSSR count). The molecular formula is C11H11NO3. The highest BCUT2D eigenvalue weighted by Gasteiger charge is 2.18. The van der Waals surface area contributed by atoms with Crippen molar-refractivity contribution in [2.24, 2.45) is 0 Å². The van der Waals surface area contributed by atoms with Gasteiger partial charge in [0, 0.05) is 6.42 Å². The van der Waals surface area contributed by atoms with Crippen molar-refractivity contribution in [2.75, 3.05) is 20.3 Å². The van der Waals surface area contributed by atoms with Gasteiger partial charge in [-0.1, -0.05) is 0 Å². The molecule has 4 nitrogen and oxygen atoms in total. The van der Waals surface area contributed by atoms with Crippen LogP contribution >= 0.6 is 0 Å². The van der Waals surface area contributed by atoms with Gasteiger partial charge in [0.2, 0.25) is 5.75 Å². The van der Waals surface area contributed by atoms with Gasteiger partial charge in [0.05, 0.1) is 25.9 Å². The van der Waals surface area contributed by atoms with Crippen molar-refractivity contribution in [2.45, 2.75) is 6.42 Å². The summed E-state index contributed by atoms with van der Waals surface area (Å²) >= 11 is 0. The van der Waals surface area contributed by atoms with E-state index in [1.54, 1.807) is 12.1 Å². The molecule has 0 atom stereocenters. The molecule has 0 fully saturated rings. The molecule has 0 bridgehead atoms. The summed E-state index contributed by atoms with van der Waals surface area (Å²) in [6, 6.07) is 5.47. The molecule has 0 amide bonds. The van der Waals surface area contributed by atoms with E-state index in [9.17, 15) is 0 Å². The topological polar surface area (TPSA) is 51.5 Å². The predicted octanol–water partition coefficient (Wildman–Crippen LogP) is 1.73. The fraction of sp³-hybridized carbons (Fsp3) is 0.364. The lowest BCUT2D eigenvalue weighted by Gasteiger charge is -2.12. The standard InChI is InChI=1S/C11H11NO3/c1-13-10-8(7-12)3-4-9-11(10)15-6-2-5-14-9/h3-4H,2,5-6H2,1H3. The monoisotopic (exact) mass is 205 g/mol. The third-order valence-corrected chi connectivity index (χ3v) is 2.19. The molecule has 15 heavy (non-hydrogen) atoms. The fourth-order valence-corrected chi connectivity index (χ4v) is 1.50. The number of ether oxygens (including phenoxy) is 3. The van der Waals surface area contributed by atoms with Crippen LogP contribution in [0.1, 0.15) is 12.0 Å². The Hall–Kier alpha value is -1.89. The first-order valence-electron chi connectivity index (χ1n) is 4.73. The fourth-order valence-electron chi connectivity index (χ4n) is 1.50. The molecule has 0 N–H and O–H groups in total. The largest absolute Gasteiger partial charge is 0.491 e. The first-order valence-corrected chi connectivity index (χ1v) is 4.73. The Morgan fingerprint density at radius 1 is 1.33 bits per heavy atom. The molecule has 0 aliphatic carbocycles. The van der Waals surface area contributed by atoms with E-state index in [1.165, 1.54) is 7.11 Å². The molecule has 1 aromatic rings. The van der Waals surface area contributed by atoms with Crippen molar-refractivity contribution in [1.82, 2.24) is 0 Å². The molecule has 0 saturated carbocycles. The Balaban J connectivity index is 2.53. The Kier molecular flexibility index (Phi) is 2.64. The molecule has 1 aliphatic rings. The van der Waals surface area contributed by atoms with E-state index in [4.69, 9.17) is 19.5 Å². The second kappa shape index (κ2) is 4.09. The summed E-state index contributed by atoms with van der Waals surface area (Å²) < 4.78 is 16.2. The minimum atomic E-state index is 0.455. The second-order valence-electron chi connectivity index (χ2n) is 3.14. The van der Waals surface area contributed by atoms with Gasteiger partial charge in [-0.15, -0.1) is 0 Å². The van der Waals surface area contributed by atoms with Crippen LogP contribution < -0.4 is 14.2 Å². The Labute approximate surface area is 88.0 Å². The van der Waals surface area contributed by atoms with E-state index in [1.807, 2.05) is 0 Å². The summed E-state index contributed by atoms with van der Waals surface area (Å²) in [7, 11) is 1.52. The highest BCUT2D eigenvalue weighted by atomic mass is 16.5. The molecule has 78 valence electrons. The van der Waals surface area contributed by atoms with Gasteiger partial charge in [0.25, 0.3) is 0 Å². The van der Waals surface area contributed by atoms with Crippen molar-refractivity contribution in [1.29, 1.82) is 5.26 Å². The summed E-state index contributed by atoms with van der Waals surface area (Å²) in [4.78, 5) is 0. The lowest BCUT2D eigenvalue weighted by atomic mass is 10.2. The van der Waals surface area contributed by atoms with Gasteiger partial charge in [-0.2, -0.15) is 5.26 Å². The van der Waals surface area contributed by atoms with E-state index in [-0.39, 0.29) is 0 Å². The predicted molar refractivity (Wildman–Crippen MR) is 53.3 cm³/mol. The normalized spacial score (nSPS) is 13.9. The van der Waals surface area contributed by atoms with Crippen molar-refractivity contribution < 1.29 is 14.2 Å². The molecule has 1 aliphatic heterocycles. The molecule has 0 radical (unpaired) electrons. The van der Waals surface area contributed by atoms with Crippen molar-refractivity contribution in [3.8, 4) is 23.3 Å². The van der Waals surface area contributed by atoms with Crippen LogP contribution in [0.15, 0.2) is 12.1 Å². The Bertz CT molecular complexity index is 409. The minimum absolute atomic E-state index is 0.455. The third kappa shape index (κ3) is 1.68. The van der Waals surface area contributed by atoms with Gasteiger partial charge in [-0.25, -0.2) is 0 Å². The highest BCUT2D eigenvalue weighted by Crippen LogP contribution is 2.40. The number of methoxy groups -OCH3 is 1. The van der Waals surface area contributed by atoms with Gasteiger partial charge < -0.3 is 14.2 Å². The third-order valence-electron chi connectivity index (χ3n) is 2.19. The summed E-state index contributed by atoms with van der Waals surface area (Å²) in [5, 5.41) is 8.90. The molecule has 0 aromatic heterocycles. The number of hydrogen-bond donors (Lipinski definition) is 0. The molecular weight excluding hydrogens is 194 g/mol. The van der Waals surface area contributed by atoms with Gasteiger partial charge >= 0.3 is 0 Å². The maximum absolute atomic E-state index is 8.90. The number of nitriles is 1. The molecule has 1 heterocycles. The smallest absolute Gasteiger partial charge is 0.204 e. The summed E-state index contributed by atoms with van der Waals surface area (Å²) in [5.41, 5.74) is 0.460. The molecule has 0 spiro atoms. The van der Waals surface area contributed by atoms with Crippen LogP contribution in [0.4, 0.5) is 0 Å². The van der Waals surface area contributed by atoms with Gasteiger partial charge in [-0.05, 0) is 12.1 Å². The van der Waals surface area contributed by atoms with E-state index in [0.29, 0.717) is 36.0 Å². The van der Waals surface area contributed by atoms with Crippen molar-refractivity contribution in [3.05, 3.63) is 17.7 Å². The zero-order valence-corrected chi connectivity index (χ0v) is 8.45. The zero-order chi connectivity index (χ0) is 10.7. The minimum Gasteiger partial charge on any atom is -0.491 e. The Morgan fingerprint density at radius 3 is 2.87 bits per heavy atom. The van der Waals surface area contributed by atoms with Crippen LogP contribution in [0.2, 0.25) is 0 Å². The number of hydrogen-bond acceptors (Lipinski definition) is 4. The van der Waals surface area contributed by atoms with Crippen LogP contribution in [0, 0.1) is 11.3 Å². The SMILES string of the molecule is COc1c(C#N)ccc2c1OCCCO2. The molecule has 0 unspecified atom stereocenters. The van der Waals surface area contributed by atoms with Crippen molar-refractivity contribution in [3.63, 3.8) is 0 Å².